The van der Waals surface area contributed by atoms with Crippen LogP contribution in [0, 0.1) is 0 Å². The molecule has 0 saturated heterocycles. The van der Waals surface area contributed by atoms with E-state index in [-0.39, 0.29) is 18.7 Å². The number of nitrogens with one attached hydrogen (secondary N) is 1. The third-order valence-corrected chi connectivity index (χ3v) is 4.49. The zero-order valence-corrected chi connectivity index (χ0v) is 13.6. The molecule has 122 valence electrons. The second-order valence-electron chi connectivity index (χ2n) is 5.37. The molecule has 5 nitrogen and oxygen atoms in total. The Bertz CT molecular complexity index is 883. The summed E-state index contributed by atoms with van der Waals surface area (Å²) in [5.41, 5.74) is 1.48. The predicted molar refractivity (Wildman–Crippen MR) is 90.3 cm³/mol. The highest BCUT2D eigenvalue weighted by molar-refractivity contribution is 7.09. The maximum Gasteiger partial charge on any atom is 0.227 e. The van der Waals surface area contributed by atoms with Gasteiger partial charge in [-0.25, -0.2) is 4.98 Å². The highest BCUT2D eigenvalue weighted by Crippen LogP contribution is 2.18. The standard InChI is InChI=1S/C18H16N2O3S/c21-16(9-17-20-14(11-24-17)8-18(22)23)19-10-13-6-3-5-12-4-1-2-7-15(12)13/h1-7,11H,8-10H2,(H,19,21)(H,22,23)/p-1. The van der Waals surface area contributed by atoms with Crippen molar-refractivity contribution in [1.29, 1.82) is 0 Å². The minimum absolute atomic E-state index is 0.141. The van der Waals surface area contributed by atoms with Gasteiger partial charge in [0.05, 0.1) is 12.1 Å². The van der Waals surface area contributed by atoms with Crippen LogP contribution in [0.3, 0.4) is 0 Å². The SMILES string of the molecule is O=C([O-])Cc1csc(CC(=O)NCc2cccc3ccccc23)n1. The number of rotatable bonds is 6. The number of benzene rings is 2. The number of carboxylic acid groups (broad SMARTS) is 1. The van der Waals surface area contributed by atoms with Crippen molar-refractivity contribution in [3.8, 4) is 0 Å². The molecule has 1 aromatic heterocycles. The Labute approximate surface area is 143 Å². The van der Waals surface area contributed by atoms with Crippen LogP contribution >= 0.6 is 11.3 Å². The molecule has 2 aromatic carbocycles. The third kappa shape index (κ3) is 3.97. The summed E-state index contributed by atoms with van der Waals surface area (Å²) >= 11 is 1.28. The predicted octanol–water partition coefficient (Wildman–Crippen LogP) is 1.45. The van der Waals surface area contributed by atoms with Crippen LogP contribution in [0.5, 0.6) is 0 Å². The Kier molecular flexibility index (Phi) is 4.86. The second kappa shape index (κ2) is 7.23. The van der Waals surface area contributed by atoms with Crippen LogP contribution < -0.4 is 10.4 Å². The lowest BCUT2D eigenvalue weighted by atomic mass is 10.0. The third-order valence-electron chi connectivity index (χ3n) is 3.59. The lowest BCUT2D eigenvalue weighted by Crippen LogP contribution is -2.25. The highest BCUT2D eigenvalue weighted by atomic mass is 32.1. The first-order valence-corrected chi connectivity index (χ1v) is 8.36. The molecule has 0 bridgehead atoms. The van der Waals surface area contributed by atoms with Crippen LogP contribution in [0.25, 0.3) is 10.8 Å². The van der Waals surface area contributed by atoms with Gasteiger partial charge in [-0.15, -0.1) is 11.3 Å². The number of hydrogen-bond acceptors (Lipinski definition) is 5. The fourth-order valence-electron chi connectivity index (χ4n) is 2.50. The Hall–Kier alpha value is -2.73. The molecule has 3 aromatic rings. The molecule has 0 unspecified atom stereocenters. The number of nitrogens with zero attached hydrogens (tertiary/aromatic N) is 1. The first kappa shape index (κ1) is 16.1. The molecule has 1 heterocycles. The molecular weight excluding hydrogens is 324 g/mol. The Morgan fingerprint density at radius 3 is 2.71 bits per heavy atom. The molecule has 0 saturated carbocycles. The Morgan fingerprint density at radius 2 is 1.88 bits per heavy atom. The van der Waals surface area contributed by atoms with Crippen molar-refractivity contribution < 1.29 is 14.7 Å². The molecule has 1 N–H and O–H groups in total. The smallest absolute Gasteiger partial charge is 0.227 e. The number of carboxylic acids is 1. The number of carbonyl (C=O) groups excluding carboxylic acids is 2. The number of thiazole rings is 1. The van der Waals surface area contributed by atoms with Gasteiger partial charge in [0, 0.05) is 24.3 Å². The van der Waals surface area contributed by atoms with Crippen LogP contribution in [0.4, 0.5) is 0 Å². The van der Waals surface area contributed by atoms with Crippen molar-refractivity contribution in [2.45, 2.75) is 19.4 Å². The maximum absolute atomic E-state index is 12.1. The van der Waals surface area contributed by atoms with Crippen molar-refractivity contribution in [3.63, 3.8) is 0 Å². The molecule has 6 heteroatoms. The fraction of sp³-hybridized carbons (Fsp3) is 0.167. The summed E-state index contributed by atoms with van der Waals surface area (Å²) in [6.07, 6.45) is -0.0867. The molecular formula is C18H15N2O3S-. The van der Waals surface area contributed by atoms with Gasteiger partial charge in [0.15, 0.2) is 0 Å². The van der Waals surface area contributed by atoms with Crippen molar-refractivity contribution in [1.82, 2.24) is 10.3 Å². The van der Waals surface area contributed by atoms with Crippen LogP contribution in [-0.4, -0.2) is 16.9 Å². The van der Waals surface area contributed by atoms with Crippen molar-refractivity contribution in [2.75, 3.05) is 0 Å². The quantitative estimate of drug-likeness (QED) is 0.737. The number of hydrogen-bond donors (Lipinski definition) is 1. The monoisotopic (exact) mass is 339 g/mol. The summed E-state index contributed by atoms with van der Waals surface area (Å²) in [5.74, 6) is -1.32. The number of carbonyl (C=O) groups is 2. The largest absolute Gasteiger partial charge is 0.550 e. The molecule has 0 atom stereocenters. The molecule has 24 heavy (non-hydrogen) atoms. The van der Waals surface area contributed by atoms with Crippen LogP contribution in [0.15, 0.2) is 47.8 Å². The van der Waals surface area contributed by atoms with Gasteiger partial charge >= 0.3 is 0 Å². The molecule has 3 rings (SSSR count). The molecule has 0 aliphatic heterocycles. The van der Waals surface area contributed by atoms with Gasteiger partial charge in [-0.2, -0.15) is 0 Å². The van der Waals surface area contributed by atoms with E-state index in [0.717, 1.165) is 16.3 Å². The topological polar surface area (TPSA) is 82.1 Å². The number of aromatic nitrogens is 1. The number of fused-ring (bicyclic) bond motifs is 1. The van der Waals surface area contributed by atoms with E-state index in [9.17, 15) is 14.7 Å². The molecule has 0 fully saturated rings. The van der Waals surface area contributed by atoms with E-state index in [2.05, 4.69) is 10.3 Å². The zero-order valence-electron chi connectivity index (χ0n) is 12.8. The van der Waals surface area contributed by atoms with E-state index in [1.165, 1.54) is 11.3 Å². The van der Waals surface area contributed by atoms with Gasteiger partial charge in [-0.1, -0.05) is 42.5 Å². The van der Waals surface area contributed by atoms with Gasteiger partial charge < -0.3 is 15.2 Å². The van der Waals surface area contributed by atoms with E-state index in [1.54, 1.807) is 5.38 Å². The van der Waals surface area contributed by atoms with Crippen molar-refractivity contribution in [2.24, 2.45) is 0 Å². The van der Waals surface area contributed by atoms with E-state index in [1.807, 2.05) is 42.5 Å². The van der Waals surface area contributed by atoms with Gasteiger partial charge in [-0.05, 0) is 16.3 Å². The minimum atomic E-state index is -1.17. The summed E-state index contributed by atoms with van der Waals surface area (Å²) in [6, 6.07) is 14.0. The van der Waals surface area contributed by atoms with E-state index >= 15 is 0 Å². The average Bonchev–Trinajstić information content (AvgIpc) is 2.99. The Balaban J connectivity index is 1.61. The number of aliphatic carboxylic acids is 1. The minimum Gasteiger partial charge on any atom is -0.550 e. The van der Waals surface area contributed by atoms with E-state index in [4.69, 9.17) is 0 Å². The highest BCUT2D eigenvalue weighted by Gasteiger charge is 2.09. The van der Waals surface area contributed by atoms with E-state index in [0.29, 0.717) is 17.2 Å². The molecule has 0 radical (unpaired) electrons. The molecule has 1 amide bonds. The van der Waals surface area contributed by atoms with Crippen LogP contribution in [0.2, 0.25) is 0 Å². The van der Waals surface area contributed by atoms with Gasteiger partial charge in [0.25, 0.3) is 0 Å². The fourth-order valence-corrected chi connectivity index (χ4v) is 3.29. The maximum atomic E-state index is 12.1. The lowest BCUT2D eigenvalue weighted by Gasteiger charge is -2.08. The number of amides is 1. The summed E-state index contributed by atoms with van der Waals surface area (Å²) in [5, 5.41) is 17.9. The second-order valence-corrected chi connectivity index (χ2v) is 6.32. The normalized spacial score (nSPS) is 10.7. The molecule has 0 spiro atoms. The summed E-state index contributed by atoms with van der Waals surface area (Å²) in [7, 11) is 0. The summed E-state index contributed by atoms with van der Waals surface area (Å²) < 4.78 is 0. The average molecular weight is 339 g/mol. The first-order chi connectivity index (χ1) is 11.6. The van der Waals surface area contributed by atoms with Crippen LogP contribution in [-0.2, 0) is 29.0 Å². The van der Waals surface area contributed by atoms with Crippen molar-refractivity contribution in [3.05, 3.63) is 64.1 Å². The van der Waals surface area contributed by atoms with Crippen molar-refractivity contribution >= 4 is 34.0 Å². The molecule has 0 aliphatic carbocycles. The Morgan fingerprint density at radius 1 is 1.08 bits per heavy atom. The summed E-state index contributed by atoms with van der Waals surface area (Å²) in [6.45, 7) is 0.442. The van der Waals surface area contributed by atoms with Crippen LogP contribution in [0.1, 0.15) is 16.3 Å². The van der Waals surface area contributed by atoms with Gasteiger partial charge in [-0.3, -0.25) is 4.79 Å². The lowest BCUT2D eigenvalue weighted by molar-refractivity contribution is -0.304. The van der Waals surface area contributed by atoms with Gasteiger partial charge in [0.1, 0.15) is 5.01 Å². The van der Waals surface area contributed by atoms with Gasteiger partial charge in [0.2, 0.25) is 5.91 Å². The summed E-state index contributed by atoms with van der Waals surface area (Å²) in [4.78, 5) is 26.8. The first-order valence-electron chi connectivity index (χ1n) is 7.48. The zero-order chi connectivity index (χ0) is 16.9. The molecule has 0 aliphatic rings. The van der Waals surface area contributed by atoms with E-state index < -0.39 is 5.97 Å².